The van der Waals surface area contributed by atoms with E-state index in [1.807, 2.05) is 0 Å². The maximum atomic E-state index is 13.3. The number of hydrogen-bond donors (Lipinski definition) is 2. The quantitative estimate of drug-likeness (QED) is 0.788. The van der Waals surface area contributed by atoms with E-state index in [1.54, 1.807) is 0 Å². The molecule has 1 atom stereocenters. The predicted molar refractivity (Wildman–Crippen MR) is 45.4 cm³/mol. The summed E-state index contributed by atoms with van der Waals surface area (Å²) in [6.07, 6.45) is -2.42. The van der Waals surface area contributed by atoms with Gasteiger partial charge in [-0.05, 0) is 17.7 Å². The van der Waals surface area contributed by atoms with Crippen molar-refractivity contribution in [1.82, 2.24) is 0 Å². The molecule has 1 rings (SSSR count). The van der Waals surface area contributed by atoms with Crippen molar-refractivity contribution in [2.45, 2.75) is 12.0 Å². The summed E-state index contributed by atoms with van der Waals surface area (Å²) in [5, 5.41) is 9.28. The molecule has 0 aliphatic rings. The first-order chi connectivity index (χ1) is 7.16. The third-order valence-electron chi connectivity index (χ3n) is 1.72. The van der Waals surface area contributed by atoms with Crippen molar-refractivity contribution in [2.24, 2.45) is 5.73 Å². The minimum Gasteiger partial charge on any atom is -0.382 e. The van der Waals surface area contributed by atoms with Crippen LogP contribution in [0.2, 0.25) is 0 Å². The van der Waals surface area contributed by atoms with Gasteiger partial charge in [0.25, 0.3) is 5.92 Å². The van der Waals surface area contributed by atoms with Gasteiger partial charge in [0.15, 0.2) is 0 Å². The van der Waals surface area contributed by atoms with Gasteiger partial charge < -0.3 is 10.8 Å². The van der Waals surface area contributed by atoms with Crippen LogP contribution in [0.5, 0.6) is 0 Å². The van der Waals surface area contributed by atoms with E-state index in [2.05, 4.69) is 5.73 Å². The minimum atomic E-state index is -4.16. The summed E-state index contributed by atoms with van der Waals surface area (Å²) < 4.78 is 52.5. The van der Waals surface area contributed by atoms with E-state index in [0.717, 1.165) is 24.3 Å². The second-order valence-electron chi connectivity index (χ2n) is 2.72. The number of aliphatic hydroxyl groups excluding tert-OH is 1. The number of benzene rings is 1. The molecule has 1 aromatic rings. The molecule has 2 nitrogen and oxygen atoms in total. The number of rotatable bonds is 3. The van der Waals surface area contributed by atoms with Crippen LogP contribution in [0.25, 0.3) is 0 Å². The van der Waals surface area contributed by atoms with Gasteiger partial charge in [0.1, 0.15) is 11.9 Å². The third-order valence-corrected chi connectivity index (χ3v) is 1.72. The summed E-state index contributed by atoms with van der Waals surface area (Å²) in [6.45, 7) is -3.36. The van der Waals surface area contributed by atoms with E-state index in [-0.39, 0.29) is 5.56 Å². The average Bonchev–Trinajstić information content (AvgIpc) is 2.16. The summed E-state index contributed by atoms with van der Waals surface area (Å²) in [6, 6.07) is 3.67. The fourth-order valence-electron chi connectivity index (χ4n) is 0.933. The maximum Gasteiger partial charge on any atom is 0.289 e. The zero-order valence-corrected chi connectivity index (χ0v) is 7.05. The topological polar surface area (TPSA) is 46.2 Å². The SMILES string of the molecule is [2H]C([2H])(N)C(F)(F)C(O)c1ccc(F)cc1. The molecule has 0 radical (unpaired) electrons. The molecule has 0 aliphatic heterocycles. The van der Waals surface area contributed by atoms with Crippen molar-refractivity contribution in [1.29, 1.82) is 0 Å². The Bertz CT molecular complexity index is 364. The molecule has 14 heavy (non-hydrogen) atoms. The van der Waals surface area contributed by atoms with Crippen LogP contribution in [-0.2, 0) is 0 Å². The van der Waals surface area contributed by atoms with Crippen molar-refractivity contribution >= 4 is 0 Å². The van der Waals surface area contributed by atoms with Gasteiger partial charge >= 0.3 is 0 Å². The highest BCUT2D eigenvalue weighted by molar-refractivity contribution is 5.20. The normalized spacial score (nSPS) is 17.2. The van der Waals surface area contributed by atoms with E-state index >= 15 is 0 Å². The first-order valence-electron chi connectivity index (χ1n) is 4.76. The highest BCUT2D eigenvalue weighted by Crippen LogP contribution is 2.30. The lowest BCUT2D eigenvalue weighted by Crippen LogP contribution is -2.34. The van der Waals surface area contributed by atoms with Gasteiger partial charge in [-0.3, -0.25) is 0 Å². The zero-order chi connectivity index (χ0) is 12.6. The van der Waals surface area contributed by atoms with Crippen LogP contribution in [0.3, 0.4) is 0 Å². The Kier molecular flexibility index (Phi) is 2.35. The van der Waals surface area contributed by atoms with E-state index in [4.69, 9.17) is 2.74 Å². The minimum absolute atomic E-state index is 0.305. The van der Waals surface area contributed by atoms with Crippen LogP contribution in [0, 0.1) is 5.82 Å². The highest BCUT2D eigenvalue weighted by Gasteiger charge is 2.37. The Hall–Kier alpha value is -1.07. The van der Waals surface area contributed by atoms with Gasteiger partial charge in [-0.15, -0.1) is 0 Å². The molecular formula is C9H10F3NO. The Morgan fingerprint density at radius 3 is 2.36 bits per heavy atom. The van der Waals surface area contributed by atoms with Crippen LogP contribution < -0.4 is 5.73 Å². The first kappa shape index (κ1) is 8.26. The van der Waals surface area contributed by atoms with Gasteiger partial charge in [-0.25, -0.2) is 13.2 Å². The van der Waals surface area contributed by atoms with Crippen LogP contribution >= 0.6 is 0 Å². The molecule has 0 spiro atoms. The molecule has 0 fully saturated rings. The molecule has 0 saturated carbocycles. The number of hydrogen-bond acceptors (Lipinski definition) is 2. The molecule has 0 heterocycles. The smallest absolute Gasteiger partial charge is 0.289 e. The Labute approximate surface area is 82.0 Å². The van der Waals surface area contributed by atoms with Gasteiger partial charge in [-0.1, -0.05) is 12.1 Å². The van der Waals surface area contributed by atoms with E-state index in [0.29, 0.717) is 0 Å². The van der Waals surface area contributed by atoms with Crippen molar-refractivity contribution in [3.63, 3.8) is 0 Å². The summed E-state index contributed by atoms with van der Waals surface area (Å²) in [5.41, 5.74) is 4.33. The molecule has 0 bridgehead atoms. The lowest BCUT2D eigenvalue weighted by atomic mass is 10.0. The van der Waals surface area contributed by atoms with Crippen LogP contribution in [-0.4, -0.2) is 17.5 Å². The van der Waals surface area contributed by atoms with Crippen molar-refractivity contribution in [3.8, 4) is 0 Å². The number of aliphatic hydroxyl groups is 1. The van der Waals surface area contributed by atoms with Crippen LogP contribution in [0.1, 0.15) is 14.4 Å². The van der Waals surface area contributed by atoms with Crippen molar-refractivity contribution in [2.75, 3.05) is 6.50 Å². The van der Waals surface area contributed by atoms with E-state index in [1.165, 1.54) is 0 Å². The Morgan fingerprint density at radius 2 is 1.93 bits per heavy atom. The third kappa shape index (κ3) is 2.24. The Balaban J connectivity index is 3.02. The molecule has 0 saturated heterocycles. The molecule has 0 aromatic heterocycles. The molecule has 0 aliphatic carbocycles. The first-order valence-corrected chi connectivity index (χ1v) is 3.76. The fourth-order valence-corrected chi connectivity index (χ4v) is 0.933. The average molecular weight is 207 g/mol. The molecule has 0 amide bonds. The Morgan fingerprint density at radius 1 is 1.43 bits per heavy atom. The summed E-state index contributed by atoms with van der Waals surface area (Å²) >= 11 is 0. The molecule has 1 aromatic carbocycles. The molecule has 3 N–H and O–H groups in total. The maximum absolute atomic E-state index is 13.3. The standard InChI is InChI=1S/C9H10F3NO/c10-7-3-1-6(2-4-7)8(14)9(11,12)5-13/h1-4,8,14H,5,13H2/i5D2. The fraction of sp³-hybridized carbons (Fsp3) is 0.333. The zero-order valence-electron chi connectivity index (χ0n) is 9.05. The number of alkyl halides is 2. The highest BCUT2D eigenvalue weighted by atomic mass is 19.3. The lowest BCUT2D eigenvalue weighted by molar-refractivity contribution is -0.102. The monoisotopic (exact) mass is 207 g/mol. The number of nitrogens with two attached hydrogens (primary N) is 1. The molecule has 1 unspecified atom stereocenters. The van der Waals surface area contributed by atoms with Gasteiger partial charge in [0.05, 0.1) is 6.50 Å². The molecular weight excluding hydrogens is 195 g/mol. The lowest BCUT2D eigenvalue weighted by Gasteiger charge is -2.20. The second-order valence-corrected chi connectivity index (χ2v) is 2.72. The summed E-state index contributed by atoms with van der Waals surface area (Å²) in [5.74, 6) is -4.81. The summed E-state index contributed by atoms with van der Waals surface area (Å²) in [4.78, 5) is 0. The molecule has 5 heteroatoms. The number of halogens is 3. The van der Waals surface area contributed by atoms with Gasteiger partial charge in [-0.2, -0.15) is 0 Å². The van der Waals surface area contributed by atoms with Crippen LogP contribution in [0.4, 0.5) is 13.2 Å². The predicted octanol–water partition coefficient (Wildman–Crippen LogP) is 1.45. The van der Waals surface area contributed by atoms with Gasteiger partial charge in [0.2, 0.25) is 0 Å². The van der Waals surface area contributed by atoms with Crippen LogP contribution in [0.15, 0.2) is 24.3 Å². The second kappa shape index (κ2) is 3.98. The van der Waals surface area contributed by atoms with Gasteiger partial charge in [0, 0.05) is 2.74 Å². The van der Waals surface area contributed by atoms with E-state index < -0.39 is 24.3 Å². The summed E-state index contributed by atoms with van der Waals surface area (Å²) in [7, 11) is 0. The largest absolute Gasteiger partial charge is 0.382 e. The molecule has 78 valence electrons. The van der Waals surface area contributed by atoms with E-state index in [9.17, 15) is 18.3 Å². The van der Waals surface area contributed by atoms with Crippen molar-refractivity contribution in [3.05, 3.63) is 35.6 Å². The van der Waals surface area contributed by atoms with Crippen molar-refractivity contribution < 1.29 is 21.0 Å².